The molecule has 1 aliphatic rings. The Kier molecular flexibility index (Phi) is 3.43. The van der Waals surface area contributed by atoms with Gasteiger partial charge in [-0.1, -0.05) is 25.8 Å². The van der Waals surface area contributed by atoms with Crippen molar-refractivity contribution in [3.8, 4) is 0 Å². The van der Waals surface area contributed by atoms with Crippen molar-refractivity contribution in [1.82, 2.24) is 9.55 Å². The van der Waals surface area contributed by atoms with Crippen LogP contribution in [0.15, 0.2) is 23.1 Å². The van der Waals surface area contributed by atoms with E-state index in [0.717, 1.165) is 11.9 Å². The van der Waals surface area contributed by atoms with Crippen molar-refractivity contribution in [2.45, 2.75) is 43.5 Å². The van der Waals surface area contributed by atoms with Crippen LogP contribution >= 0.6 is 0 Å². The van der Waals surface area contributed by atoms with Gasteiger partial charge in [0.25, 0.3) is 0 Å². The molecule has 1 saturated carbocycles. The third kappa shape index (κ3) is 2.41. The predicted octanol–water partition coefficient (Wildman–Crippen LogP) is 2.77. The first kappa shape index (κ1) is 14.4. The van der Waals surface area contributed by atoms with Gasteiger partial charge in [0.05, 0.1) is 10.4 Å². The molecule has 1 aromatic carbocycles. The Morgan fingerprint density at radius 3 is 2.67 bits per heavy atom. The van der Waals surface area contributed by atoms with E-state index in [1.165, 1.54) is 25.5 Å². The molecule has 3 rings (SSSR count). The van der Waals surface area contributed by atoms with Gasteiger partial charge in [0.2, 0.25) is 5.95 Å². The zero-order valence-electron chi connectivity index (χ0n) is 12.4. The third-order valence-corrected chi connectivity index (χ3v) is 5.64. The number of nitrogens with two attached hydrogens (primary N) is 1. The zero-order chi connectivity index (χ0) is 15.2. The van der Waals surface area contributed by atoms with E-state index in [1.807, 2.05) is 10.6 Å². The van der Waals surface area contributed by atoms with E-state index < -0.39 is 9.84 Å². The second-order valence-corrected chi connectivity index (χ2v) is 8.05. The fraction of sp³-hybridized carbons (Fsp3) is 0.533. The van der Waals surface area contributed by atoms with Crippen molar-refractivity contribution in [2.75, 3.05) is 12.0 Å². The highest BCUT2D eigenvalue weighted by molar-refractivity contribution is 7.91. The Balaban J connectivity index is 2.23. The maximum absolute atomic E-state index is 11.9. The number of fused-ring (bicyclic) bond motifs is 1. The van der Waals surface area contributed by atoms with Gasteiger partial charge in [-0.3, -0.25) is 0 Å². The number of imidazole rings is 1. The van der Waals surface area contributed by atoms with Crippen LogP contribution < -0.4 is 5.73 Å². The van der Waals surface area contributed by atoms with Gasteiger partial charge in [0, 0.05) is 12.3 Å². The quantitative estimate of drug-likeness (QED) is 0.925. The number of nitrogen functional groups attached to an aromatic ring is 1. The molecule has 0 amide bonds. The summed E-state index contributed by atoms with van der Waals surface area (Å²) in [6.07, 6.45) is 5.88. The van der Waals surface area contributed by atoms with Gasteiger partial charge in [0.1, 0.15) is 5.52 Å². The number of anilines is 1. The van der Waals surface area contributed by atoms with E-state index in [2.05, 4.69) is 11.9 Å². The highest BCUT2D eigenvalue weighted by Gasteiger charge is 2.27. The molecule has 0 radical (unpaired) electrons. The topological polar surface area (TPSA) is 78.0 Å². The average molecular weight is 307 g/mol. The van der Waals surface area contributed by atoms with Crippen molar-refractivity contribution < 1.29 is 8.42 Å². The number of hydrogen-bond donors (Lipinski definition) is 1. The van der Waals surface area contributed by atoms with E-state index in [0.29, 0.717) is 23.4 Å². The van der Waals surface area contributed by atoms with Crippen molar-refractivity contribution in [2.24, 2.45) is 5.92 Å². The monoisotopic (exact) mass is 307 g/mol. The largest absolute Gasteiger partial charge is 0.369 e. The van der Waals surface area contributed by atoms with Crippen LogP contribution in [0.2, 0.25) is 0 Å². The van der Waals surface area contributed by atoms with Crippen LogP contribution in [0, 0.1) is 5.92 Å². The Morgan fingerprint density at radius 2 is 2.00 bits per heavy atom. The Morgan fingerprint density at radius 1 is 1.29 bits per heavy atom. The minimum absolute atomic E-state index is 0.258. The Hall–Kier alpha value is -1.56. The van der Waals surface area contributed by atoms with Gasteiger partial charge < -0.3 is 10.3 Å². The van der Waals surface area contributed by atoms with E-state index in [-0.39, 0.29) is 4.90 Å². The molecule has 2 aromatic rings. The van der Waals surface area contributed by atoms with Crippen LogP contribution in [0.1, 0.15) is 38.6 Å². The summed E-state index contributed by atoms with van der Waals surface area (Å²) in [5.74, 6) is 0.945. The number of hydrogen-bond acceptors (Lipinski definition) is 4. The fourth-order valence-corrected chi connectivity index (χ4v) is 4.26. The van der Waals surface area contributed by atoms with E-state index in [4.69, 9.17) is 5.73 Å². The van der Waals surface area contributed by atoms with Crippen LogP contribution in [-0.4, -0.2) is 24.2 Å². The maximum Gasteiger partial charge on any atom is 0.201 e. The summed E-state index contributed by atoms with van der Waals surface area (Å²) in [6.45, 7) is 2.23. The second kappa shape index (κ2) is 5.02. The SMILES string of the molecule is CC1CCCCC1n1c(N)nc2c(S(C)(=O)=O)cccc21. The maximum atomic E-state index is 11.9. The molecule has 1 heterocycles. The third-order valence-electron chi connectivity index (χ3n) is 4.51. The standard InChI is InChI=1S/C15H21N3O2S/c1-10-6-3-4-7-11(10)18-12-8-5-9-13(21(2,19)20)14(12)17-15(18)16/h5,8-11H,3-4,6-7H2,1-2H3,(H2,16,17). The molecule has 0 bridgehead atoms. The number of sulfone groups is 1. The predicted molar refractivity (Wildman–Crippen MR) is 83.9 cm³/mol. The molecule has 21 heavy (non-hydrogen) atoms. The molecular weight excluding hydrogens is 286 g/mol. The molecule has 2 unspecified atom stereocenters. The molecule has 0 spiro atoms. The summed E-state index contributed by atoms with van der Waals surface area (Å²) in [5.41, 5.74) is 7.44. The summed E-state index contributed by atoms with van der Waals surface area (Å²) in [7, 11) is -3.31. The van der Waals surface area contributed by atoms with Gasteiger partial charge in [-0.25, -0.2) is 13.4 Å². The fourth-order valence-electron chi connectivity index (χ4n) is 3.44. The molecule has 1 aliphatic carbocycles. The van der Waals surface area contributed by atoms with Crippen molar-refractivity contribution in [3.63, 3.8) is 0 Å². The lowest BCUT2D eigenvalue weighted by molar-refractivity contribution is 0.264. The molecule has 6 heteroatoms. The van der Waals surface area contributed by atoms with Crippen LogP contribution in [0.25, 0.3) is 11.0 Å². The lowest BCUT2D eigenvalue weighted by atomic mass is 9.85. The van der Waals surface area contributed by atoms with Crippen LogP contribution in [0.3, 0.4) is 0 Å². The number of nitrogens with zero attached hydrogens (tertiary/aromatic N) is 2. The van der Waals surface area contributed by atoms with E-state index >= 15 is 0 Å². The number of para-hydroxylation sites is 1. The molecule has 1 aromatic heterocycles. The summed E-state index contributed by atoms with van der Waals surface area (Å²) >= 11 is 0. The summed E-state index contributed by atoms with van der Waals surface area (Å²) in [5, 5.41) is 0. The van der Waals surface area contributed by atoms with Gasteiger partial charge in [0.15, 0.2) is 9.84 Å². The molecule has 2 atom stereocenters. The molecule has 1 fully saturated rings. The lowest BCUT2D eigenvalue weighted by Gasteiger charge is -2.31. The van der Waals surface area contributed by atoms with Crippen molar-refractivity contribution in [3.05, 3.63) is 18.2 Å². The van der Waals surface area contributed by atoms with Crippen LogP contribution in [0.4, 0.5) is 5.95 Å². The Labute approximate surface area is 125 Å². The molecule has 0 saturated heterocycles. The van der Waals surface area contributed by atoms with Gasteiger partial charge in [-0.2, -0.15) is 0 Å². The van der Waals surface area contributed by atoms with Crippen LogP contribution in [0.5, 0.6) is 0 Å². The molecule has 2 N–H and O–H groups in total. The Bertz CT molecular complexity index is 780. The molecular formula is C15H21N3O2S. The number of benzene rings is 1. The molecule has 5 nitrogen and oxygen atoms in total. The molecule has 0 aliphatic heterocycles. The first-order valence-corrected chi connectivity index (χ1v) is 9.25. The van der Waals surface area contributed by atoms with Crippen LogP contribution in [-0.2, 0) is 9.84 Å². The second-order valence-electron chi connectivity index (χ2n) is 6.07. The summed E-state index contributed by atoms with van der Waals surface area (Å²) in [6, 6.07) is 5.58. The first-order chi connectivity index (χ1) is 9.89. The van der Waals surface area contributed by atoms with E-state index in [1.54, 1.807) is 12.1 Å². The normalized spacial score (nSPS) is 23.5. The van der Waals surface area contributed by atoms with Gasteiger partial charge >= 0.3 is 0 Å². The van der Waals surface area contributed by atoms with Gasteiger partial charge in [-0.15, -0.1) is 0 Å². The number of rotatable bonds is 2. The van der Waals surface area contributed by atoms with Gasteiger partial charge in [-0.05, 0) is 30.9 Å². The average Bonchev–Trinajstić information content (AvgIpc) is 2.74. The minimum Gasteiger partial charge on any atom is -0.369 e. The first-order valence-electron chi connectivity index (χ1n) is 7.36. The molecule has 114 valence electrons. The van der Waals surface area contributed by atoms with E-state index in [9.17, 15) is 8.42 Å². The highest BCUT2D eigenvalue weighted by atomic mass is 32.2. The zero-order valence-corrected chi connectivity index (χ0v) is 13.2. The summed E-state index contributed by atoms with van der Waals surface area (Å²) in [4.78, 5) is 4.61. The number of aromatic nitrogens is 2. The lowest BCUT2D eigenvalue weighted by Crippen LogP contribution is -2.22. The smallest absolute Gasteiger partial charge is 0.201 e. The summed E-state index contributed by atoms with van der Waals surface area (Å²) < 4.78 is 25.9. The van der Waals surface area contributed by atoms with Crippen molar-refractivity contribution >= 4 is 26.8 Å². The highest BCUT2D eigenvalue weighted by Crippen LogP contribution is 2.38. The minimum atomic E-state index is -3.31. The van der Waals surface area contributed by atoms with Crippen molar-refractivity contribution in [1.29, 1.82) is 0 Å².